The highest BCUT2D eigenvalue weighted by Crippen LogP contribution is 2.25. The van der Waals surface area contributed by atoms with Gasteiger partial charge in [-0.05, 0) is 50.0 Å². The summed E-state index contributed by atoms with van der Waals surface area (Å²) in [6.45, 7) is 3.42. The van der Waals surface area contributed by atoms with Crippen LogP contribution in [0.25, 0.3) is 0 Å². The van der Waals surface area contributed by atoms with Gasteiger partial charge in [0.1, 0.15) is 0 Å². The van der Waals surface area contributed by atoms with Crippen molar-refractivity contribution in [2.75, 3.05) is 26.3 Å². The number of hydrogen-bond donors (Lipinski definition) is 0. The lowest BCUT2D eigenvalue weighted by Crippen LogP contribution is -2.44. The van der Waals surface area contributed by atoms with E-state index in [-0.39, 0.29) is 5.92 Å². The summed E-state index contributed by atoms with van der Waals surface area (Å²) in [6.07, 6.45) is 6.57. The maximum atomic E-state index is 12.6. The number of ether oxygens (including phenoxy) is 1. The Morgan fingerprint density at radius 3 is 2.68 bits per heavy atom. The van der Waals surface area contributed by atoms with E-state index >= 15 is 0 Å². The van der Waals surface area contributed by atoms with E-state index in [9.17, 15) is 4.79 Å². The summed E-state index contributed by atoms with van der Waals surface area (Å²) in [5.41, 5.74) is 1.41. The molecular weight excluding hydrogens is 274 g/mol. The van der Waals surface area contributed by atoms with Crippen molar-refractivity contribution in [1.82, 2.24) is 4.90 Å². The Balaban J connectivity index is 1.49. The second-order valence-electron chi connectivity index (χ2n) is 6.70. The monoisotopic (exact) mass is 301 g/mol. The Morgan fingerprint density at radius 2 is 1.91 bits per heavy atom. The Morgan fingerprint density at radius 1 is 1.14 bits per heavy atom. The second-order valence-corrected chi connectivity index (χ2v) is 6.70. The van der Waals surface area contributed by atoms with E-state index in [0.717, 1.165) is 52.0 Å². The first-order valence-electron chi connectivity index (χ1n) is 8.73. The molecule has 2 saturated heterocycles. The zero-order valence-corrected chi connectivity index (χ0v) is 13.4. The summed E-state index contributed by atoms with van der Waals surface area (Å²) in [5, 5.41) is 0. The van der Waals surface area contributed by atoms with Gasteiger partial charge in [0.05, 0.1) is 0 Å². The van der Waals surface area contributed by atoms with Crippen LogP contribution in [0, 0.1) is 11.8 Å². The van der Waals surface area contributed by atoms with Crippen LogP contribution in [-0.4, -0.2) is 37.1 Å². The van der Waals surface area contributed by atoms with Crippen molar-refractivity contribution >= 4 is 5.91 Å². The molecule has 3 nitrogen and oxygen atoms in total. The minimum atomic E-state index is 0.210. The van der Waals surface area contributed by atoms with Gasteiger partial charge in [0, 0.05) is 32.2 Å². The van der Waals surface area contributed by atoms with E-state index in [1.54, 1.807) is 0 Å². The number of amides is 1. The number of hydrogen-bond acceptors (Lipinski definition) is 2. The van der Waals surface area contributed by atoms with Gasteiger partial charge >= 0.3 is 0 Å². The van der Waals surface area contributed by atoms with E-state index in [1.807, 2.05) is 0 Å². The average molecular weight is 301 g/mol. The number of piperidine rings is 1. The van der Waals surface area contributed by atoms with Gasteiger partial charge in [-0.2, -0.15) is 0 Å². The van der Waals surface area contributed by atoms with Gasteiger partial charge in [-0.1, -0.05) is 30.3 Å². The summed E-state index contributed by atoms with van der Waals surface area (Å²) in [6, 6.07) is 10.7. The Bertz CT molecular complexity index is 468. The zero-order valence-electron chi connectivity index (χ0n) is 13.4. The molecular formula is C19H27NO2. The molecule has 0 spiro atoms. The highest BCUT2D eigenvalue weighted by atomic mass is 16.5. The van der Waals surface area contributed by atoms with Crippen LogP contribution in [0.2, 0.25) is 0 Å². The Hall–Kier alpha value is -1.35. The first kappa shape index (κ1) is 15.5. The number of carbonyl (C=O) groups is 1. The molecule has 3 rings (SSSR count). The zero-order chi connectivity index (χ0) is 15.2. The number of likely N-dealkylation sites (tertiary alicyclic amines) is 1. The standard InChI is InChI=1S/C19H27NO2/c21-19(18-10-13-22-14-11-18)20-12-4-7-17(15-20)9-8-16-5-2-1-3-6-16/h1-3,5-6,17-18H,4,7-15H2/t17-/m1/s1. The largest absolute Gasteiger partial charge is 0.381 e. The maximum Gasteiger partial charge on any atom is 0.225 e. The molecule has 0 radical (unpaired) electrons. The third-order valence-electron chi connectivity index (χ3n) is 5.09. The molecule has 0 N–H and O–H groups in total. The molecule has 22 heavy (non-hydrogen) atoms. The summed E-state index contributed by atoms with van der Waals surface area (Å²) in [7, 11) is 0. The third kappa shape index (κ3) is 4.10. The predicted molar refractivity (Wildman–Crippen MR) is 87.6 cm³/mol. The summed E-state index contributed by atoms with van der Waals surface area (Å²) < 4.78 is 5.38. The SMILES string of the molecule is O=C(C1CCOCC1)N1CCC[C@H](CCc2ccccc2)C1. The molecule has 2 aliphatic heterocycles. The number of benzene rings is 1. The fourth-order valence-electron chi connectivity index (χ4n) is 3.72. The third-order valence-corrected chi connectivity index (χ3v) is 5.09. The van der Waals surface area contributed by atoms with Crippen molar-refractivity contribution in [2.24, 2.45) is 11.8 Å². The van der Waals surface area contributed by atoms with Crippen LogP contribution in [0.1, 0.15) is 37.7 Å². The Labute approximate surface area is 133 Å². The van der Waals surface area contributed by atoms with Gasteiger partial charge in [-0.15, -0.1) is 0 Å². The fourth-order valence-corrected chi connectivity index (χ4v) is 3.72. The first-order chi connectivity index (χ1) is 10.8. The molecule has 0 bridgehead atoms. The highest BCUT2D eigenvalue weighted by Gasteiger charge is 2.29. The lowest BCUT2D eigenvalue weighted by atomic mass is 9.90. The van der Waals surface area contributed by atoms with E-state index in [1.165, 1.54) is 18.4 Å². The minimum absolute atomic E-state index is 0.210. The molecule has 0 aliphatic carbocycles. The van der Waals surface area contributed by atoms with Gasteiger partial charge in [-0.25, -0.2) is 0 Å². The molecule has 1 aromatic carbocycles. The summed E-state index contributed by atoms with van der Waals surface area (Å²) in [5.74, 6) is 1.26. The van der Waals surface area contributed by atoms with Gasteiger partial charge in [-0.3, -0.25) is 4.79 Å². The van der Waals surface area contributed by atoms with Crippen molar-refractivity contribution in [3.63, 3.8) is 0 Å². The van der Waals surface area contributed by atoms with Crippen LogP contribution in [-0.2, 0) is 16.0 Å². The van der Waals surface area contributed by atoms with Crippen molar-refractivity contribution in [3.8, 4) is 0 Å². The van der Waals surface area contributed by atoms with Crippen molar-refractivity contribution in [3.05, 3.63) is 35.9 Å². The Kier molecular flexibility index (Phi) is 5.49. The topological polar surface area (TPSA) is 29.5 Å². The minimum Gasteiger partial charge on any atom is -0.381 e. The van der Waals surface area contributed by atoms with Crippen molar-refractivity contribution < 1.29 is 9.53 Å². The van der Waals surface area contributed by atoms with E-state index in [4.69, 9.17) is 4.74 Å². The highest BCUT2D eigenvalue weighted by molar-refractivity contribution is 5.79. The molecule has 1 amide bonds. The molecule has 0 saturated carbocycles. The number of carbonyl (C=O) groups excluding carboxylic acids is 1. The molecule has 1 atom stereocenters. The smallest absolute Gasteiger partial charge is 0.225 e. The van der Waals surface area contributed by atoms with Gasteiger partial charge in [0.2, 0.25) is 5.91 Å². The second kappa shape index (κ2) is 7.77. The lowest BCUT2D eigenvalue weighted by molar-refractivity contribution is -0.140. The predicted octanol–water partition coefficient (Wildman–Crippen LogP) is 3.28. The van der Waals surface area contributed by atoms with Crippen LogP contribution in [0.5, 0.6) is 0 Å². The molecule has 120 valence electrons. The van der Waals surface area contributed by atoms with Crippen LogP contribution in [0.15, 0.2) is 30.3 Å². The maximum absolute atomic E-state index is 12.6. The summed E-state index contributed by atoms with van der Waals surface area (Å²) in [4.78, 5) is 14.8. The fraction of sp³-hybridized carbons (Fsp3) is 0.632. The lowest BCUT2D eigenvalue weighted by Gasteiger charge is -2.36. The summed E-state index contributed by atoms with van der Waals surface area (Å²) >= 11 is 0. The first-order valence-corrected chi connectivity index (χ1v) is 8.73. The van der Waals surface area contributed by atoms with E-state index in [2.05, 4.69) is 35.2 Å². The van der Waals surface area contributed by atoms with Crippen LogP contribution < -0.4 is 0 Å². The quantitative estimate of drug-likeness (QED) is 0.854. The van der Waals surface area contributed by atoms with Gasteiger partial charge in [0.25, 0.3) is 0 Å². The van der Waals surface area contributed by atoms with Crippen LogP contribution in [0.3, 0.4) is 0 Å². The van der Waals surface area contributed by atoms with E-state index < -0.39 is 0 Å². The van der Waals surface area contributed by atoms with Gasteiger partial charge in [0.15, 0.2) is 0 Å². The molecule has 1 aromatic rings. The van der Waals surface area contributed by atoms with Gasteiger partial charge < -0.3 is 9.64 Å². The molecule has 0 aromatic heterocycles. The number of aryl methyl sites for hydroxylation is 1. The number of rotatable bonds is 4. The van der Waals surface area contributed by atoms with Crippen molar-refractivity contribution in [1.29, 1.82) is 0 Å². The van der Waals surface area contributed by atoms with Crippen molar-refractivity contribution in [2.45, 2.75) is 38.5 Å². The van der Waals surface area contributed by atoms with Crippen LogP contribution >= 0.6 is 0 Å². The van der Waals surface area contributed by atoms with Crippen LogP contribution in [0.4, 0.5) is 0 Å². The van der Waals surface area contributed by atoms with E-state index in [0.29, 0.717) is 11.8 Å². The number of nitrogens with zero attached hydrogens (tertiary/aromatic N) is 1. The molecule has 3 heteroatoms. The molecule has 2 aliphatic rings. The normalized spacial score (nSPS) is 23.5. The average Bonchev–Trinajstić information content (AvgIpc) is 2.61. The molecule has 2 fully saturated rings. The molecule has 2 heterocycles. The molecule has 0 unspecified atom stereocenters.